The maximum absolute atomic E-state index is 12.0. The van der Waals surface area contributed by atoms with Crippen molar-refractivity contribution in [1.29, 1.82) is 5.26 Å². The first-order chi connectivity index (χ1) is 10.6. The molecule has 0 atom stereocenters. The van der Waals surface area contributed by atoms with E-state index in [9.17, 15) is 4.79 Å². The number of nitrogens with one attached hydrogen (secondary N) is 1. The van der Waals surface area contributed by atoms with Gasteiger partial charge in [0.2, 0.25) is 5.91 Å². The van der Waals surface area contributed by atoms with Gasteiger partial charge in [-0.2, -0.15) is 5.26 Å². The van der Waals surface area contributed by atoms with Gasteiger partial charge < -0.3 is 5.32 Å². The number of likely N-dealkylation sites (N-methyl/N-ethyl adjacent to an activating group) is 1. The topological polar surface area (TPSA) is 56.1 Å². The van der Waals surface area contributed by atoms with Gasteiger partial charge in [0.25, 0.3) is 0 Å². The molecule has 0 heterocycles. The molecule has 0 aliphatic heterocycles. The van der Waals surface area contributed by atoms with Crippen molar-refractivity contribution in [1.82, 2.24) is 4.90 Å². The van der Waals surface area contributed by atoms with E-state index in [1.54, 1.807) is 24.3 Å². The van der Waals surface area contributed by atoms with Crippen molar-refractivity contribution in [2.24, 2.45) is 0 Å². The van der Waals surface area contributed by atoms with Crippen LogP contribution in [0.5, 0.6) is 0 Å². The summed E-state index contributed by atoms with van der Waals surface area (Å²) >= 11 is 5.95. The molecule has 2 rings (SSSR count). The Balaban J connectivity index is 1.90. The zero-order valence-electron chi connectivity index (χ0n) is 12.2. The van der Waals surface area contributed by atoms with Gasteiger partial charge in [-0.15, -0.1) is 0 Å². The van der Waals surface area contributed by atoms with Crippen LogP contribution in [0, 0.1) is 11.3 Å². The molecule has 0 saturated heterocycles. The Morgan fingerprint density at radius 2 is 2.05 bits per heavy atom. The maximum atomic E-state index is 12.0. The molecule has 0 aliphatic carbocycles. The molecule has 4 nitrogen and oxygen atoms in total. The van der Waals surface area contributed by atoms with Crippen LogP contribution in [0.1, 0.15) is 11.1 Å². The molecule has 1 N–H and O–H groups in total. The van der Waals surface area contributed by atoms with E-state index in [1.807, 2.05) is 42.3 Å². The molecular formula is C17H16ClN3O. The first-order valence-corrected chi connectivity index (χ1v) is 7.17. The number of benzene rings is 2. The fourth-order valence-corrected chi connectivity index (χ4v) is 2.33. The van der Waals surface area contributed by atoms with E-state index >= 15 is 0 Å². The molecule has 0 bridgehead atoms. The second kappa shape index (κ2) is 7.60. The summed E-state index contributed by atoms with van der Waals surface area (Å²) in [6.07, 6.45) is 0. The molecule has 0 fully saturated rings. The fraction of sp³-hybridized carbons (Fsp3) is 0.176. The van der Waals surface area contributed by atoms with Crippen LogP contribution in [0.3, 0.4) is 0 Å². The number of hydrogen-bond donors (Lipinski definition) is 1. The summed E-state index contributed by atoms with van der Waals surface area (Å²) < 4.78 is 0. The molecule has 0 unspecified atom stereocenters. The summed E-state index contributed by atoms with van der Waals surface area (Å²) in [5, 5.41) is 12.3. The Hall–Kier alpha value is -2.35. The van der Waals surface area contributed by atoms with E-state index in [0.717, 1.165) is 5.56 Å². The van der Waals surface area contributed by atoms with Crippen molar-refractivity contribution < 1.29 is 4.79 Å². The minimum Gasteiger partial charge on any atom is -0.325 e. The molecule has 0 radical (unpaired) electrons. The molecule has 0 aliphatic rings. The van der Waals surface area contributed by atoms with Gasteiger partial charge in [-0.25, -0.2) is 0 Å². The highest BCUT2D eigenvalue weighted by atomic mass is 35.5. The Morgan fingerprint density at radius 1 is 1.27 bits per heavy atom. The van der Waals surface area contributed by atoms with Gasteiger partial charge in [-0.05, 0) is 42.9 Å². The Bertz CT molecular complexity index is 709. The number of rotatable bonds is 5. The number of hydrogen-bond acceptors (Lipinski definition) is 3. The summed E-state index contributed by atoms with van der Waals surface area (Å²) in [6.45, 7) is 0.884. The van der Waals surface area contributed by atoms with Crippen LogP contribution in [0.15, 0.2) is 48.5 Å². The molecule has 0 spiro atoms. The standard InChI is InChI=1S/C17H16ClN3O/c1-21(11-14-5-2-6-15(18)8-14)12-17(22)20-16-7-3-4-13(9-16)10-19/h2-9H,11-12H2,1H3,(H,20,22). The summed E-state index contributed by atoms with van der Waals surface area (Å²) in [5.74, 6) is -0.125. The third-order valence-corrected chi connectivity index (χ3v) is 3.27. The number of amides is 1. The van der Waals surface area contributed by atoms with E-state index in [4.69, 9.17) is 16.9 Å². The predicted octanol–water partition coefficient (Wildman–Crippen LogP) is 3.28. The van der Waals surface area contributed by atoms with Crippen LogP contribution in [0.25, 0.3) is 0 Å². The van der Waals surface area contributed by atoms with E-state index < -0.39 is 0 Å². The quantitative estimate of drug-likeness (QED) is 0.921. The third kappa shape index (κ3) is 4.88. The minimum atomic E-state index is -0.125. The van der Waals surface area contributed by atoms with Crippen LogP contribution in [-0.2, 0) is 11.3 Å². The van der Waals surface area contributed by atoms with Gasteiger partial charge in [-0.1, -0.05) is 29.8 Å². The van der Waals surface area contributed by atoms with Gasteiger partial charge in [0.15, 0.2) is 0 Å². The van der Waals surface area contributed by atoms with Crippen molar-refractivity contribution in [2.75, 3.05) is 18.9 Å². The number of halogens is 1. The average Bonchev–Trinajstić information content (AvgIpc) is 2.47. The highest BCUT2D eigenvalue weighted by Gasteiger charge is 2.08. The Labute approximate surface area is 134 Å². The highest BCUT2D eigenvalue weighted by Crippen LogP contribution is 2.13. The third-order valence-electron chi connectivity index (χ3n) is 3.03. The van der Waals surface area contributed by atoms with E-state index in [0.29, 0.717) is 22.8 Å². The van der Waals surface area contributed by atoms with Crippen molar-refractivity contribution in [3.8, 4) is 6.07 Å². The summed E-state index contributed by atoms with van der Waals surface area (Å²) in [5.41, 5.74) is 2.19. The first kappa shape index (κ1) is 16.0. The Morgan fingerprint density at radius 3 is 2.77 bits per heavy atom. The van der Waals surface area contributed by atoms with Crippen molar-refractivity contribution in [3.63, 3.8) is 0 Å². The zero-order valence-corrected chi connectivity index (χ0v) is 13.0. The van der Waals surface area contributed by atoms with Gasteiger partial charge in [0.1, 0.15) is 0 Å². The molecule has 2 aromatic rings. The van der Waals surface area contributed by atoms with Crippen LogP contribution < -0.4 is 5.32 Å². The van der Waals surface area contributed by atoms with Gasteiger partial charge in [0, 0.05) is 17.3 Å². The molecule has 112 valence electrons. The van der Waals surface area contributed by atoms with E-state index in [2.05, 4.69) is 5.32 Å². The van der Waals surface area contributed by atoms with Crippen LogP contribution in [0.4, 0.5) is 5.69 Å². The maximum Gasteiger partial charge on any atom is 0.238 e. The van der Waals surface area contributed by atoms with Crippen molar-refractivity contribution in [2.45, 2.75) is 6.54 Å². The molecule has 2 aromatic carbocycles. The largest absolute Gasteiger partial charge is 0.325 e. The molecule has 22 heavy (non-hydrogen) atoms. The van der Waals surface area contributed by atoms with Crippen molar-refractivity contribution in [3.05, 3.63) is 64.7 Å². The lowest BCUT2D eigenvalue weighted by Gasteiger charge is -2.16. The predicted molar refractivity (Wildman–Crippen MR) is 87.6 cm³/mol. The Kier molecular flexibility index (Phi) is 5.54. The second-order valence-corrected chi connectivity index (χ2v) is 5.48. The normalized spacial score (nSPS) is 10.3. The lowest BCUT2D eigenvalue weighted by atomic mass is 10.2. The highest BCUT2D eigenvalue weighted by molar-refractivity contribution is 6.30. The fourth-order valence-electron chi connectivity index (χ4n) is 2.12. The molecule has 5 heteroatoms. The number of nitrogens with zero attached hydrogens (tertiary/aromatic N) is 2. The van der Waals surface area contributed by atoms with Crippen LogP contribution >= 0.6 is 11.6 Å². The monoisotopic (exact) mass is 313 g/mol. The lowest BCUT2D eigenvalue weighted by molar-refractivity contribution is -0.117. The SMILES string of the molecule is CN(CC(=O)Nc1cccc(C#N)c1)Cc1cccc(Cl)c1. The number of anilines is 1. The first-order valence-electron chi connectivity index (χ1n) is 6.80. The van der Waals surface area contributed by atoms with Gasteiger partial charge >= 0.3 is 0 Å². The summed E-state index contributed by atoms with van der Waals surface area (Å²) in [4.78, 5) is 13.9. The molecule has 0 saturated carbocycles. The minimum absolute atomic E-state index is 0.125. The van der Waals surface area contributed by atoms with Gasteiger partial charge in [0.05, 0.1) is 18.2 Å². The molecule has 0 aromatic heterocycles. The second-order valence-electron chi connectivity index (χ2n) is 5.04. The van der Waals surface area contributed by atoms with Crippen LogP contribution in [0.2, 0.25) is 5.02 Å². The molecule has 1 amide bonds. The van der Waals surface area contributed by atoms with Gasteiger partial charge in [-0.3, -0.25) is 9.69 Å². The summed E-state index contributed by atoms with van der Waals surface area (Å²) in [7, 11) is 1.87. The zero-order chi connectivity index (χ0) is 15.9. The number of nitriles is 1. The lowest BCUT2D eigenvalue weighted by Crippen LogP contribution is -2.29. The van der Waals surface area contributed by atoms with E-state index in [1.165, 1.54) is 0 Å². The average molecular weight is 314 g/mol. The van der Waals surface area contributed by atoms with Crippen LogP contribution in [-0.4, -0.2) is 24.4 Å². The van der Waals surface area contributed by atoms with Crippen molar-refractivity contribution >= 4 is 23.2 Å². The smallest absolute Gasteiger partial charge is 0.238 e. The number of carbonyl (C=O) groups is 1. The van der Waals surface area contributed by atoms with E-state index in [-0.39, 0.29) is 12.5 Å². The molecular weight excluding hydrogens is 298 g/mol. The number of carbonyl (C=O) groups excluding carboxylic acids is 1. The summed E-state index contributed by atoms with van der Waals surface area (Å²) in [6, 6.07) is 16.4.